The quantitative estimate of drug-likeness (QED) is 0.807. The molecule has 0 N–H and O–H groups in total. The molecule has 0 bridgehead atoms. The van der Waals surface area contributed by atoms with Crippen molar-refractivity contribution in [1.29, 1.82) is 0 Å². The second-order valence-electron chi connectivity index (χ2n) is 3.73. The van der Waals surface area contributed by atoms with Crippen LogP contribution in [0.3, 0.4) is 0 Å². The maximum atomic E-state index is 6.05. The molecule has 0 atom stereocenters. The number of hydrogen-bond acceptors (Lipinski definition) is 2. The summed E-state index contributed by atoms with van der Waals surface area (Å²) in [7, 11) is 3.24. The van der Waals surface area contributed by atoms with Crippen LogP contribution in [0.2, 0.25) is 5.02 Å². The summed E-state index contributed by atoms with van der Waals surface area (Å²) in [6.45, 7) is 0. The summed E-state index contributed by atoms with van der Waals surface area (Å²) in [5.74, 6) is 1.41. The fraction of sp³-hybridized carbons (Fsp3) is 0.143. The standard InChI is InChI=1S/C14H12BrClO2/c1-17-13-4-3-9(7-14(13)18-2)10-5-11(15)8-12(16)6-10/h3-8H,1-2H3. The SMILES string of the molecule is COc1ccc(-c2cc(Cl)cc(Br)c2)cc1OC. The topological polar surface area (TPSA) is 18.5 Å². The zero-order chi connectivity index (χ0) is 13.1. The van der Waals surface area contributed by atoms with E-state index in [0.717, 1.165) is 15.6 Å². The van der Waals surface area contributed by atoms with Crippen molar-refractivity contribution in [1.82, 2.24) is 0 Å². The van der Waals surface area contributed by atoms with Crippen LogP contribution in [-0.2, 0) is 0 Å². The highest BCUT2D eigenvalue weighted by Crippen LogP contribution is 2.34. The molecule has 0 aliphatic rings. The third-order valence-electron chi connectivity index (χ3n) is 2.58. The monoisotopic (exact) mass is 326 g/mol. The molecule has 2 nitrogen and oxygen atoms in total. The van der Waals surface area contributed by atoms with Gasteiger partial charge in [0.05, 0.1) is 14.2 Å². The first-order chi connectivity index (χ1) is 8.63. The number of hydrogen-bond donors (Lipinski definition) is 0. The third-order valence-corrected chi connectivity index (χ3v) is 3.26. The molecule has 4 heteroatoms. The van der Waals surface area contributed by atoms with Gasteiger partial charge in [-0.3, -0.25) is 0 Å². The van der Waals surface area contributed by atoms with Gasteiger partial charge in [-0.2, -0.15) is 0 Å². The molecule has 0 saturated carbocycles. The van der Waals surface area contributed by atoms with Gasteiger partial charge in [-0.15, -0.1) is 0 Å². The second kappa shape index (κ2) is 5.63. The summed E-state index contributed by atoms with van der Waals surface area (Å²) < 4.78 is 11.4. The van der Waals surface area contributed by atoms with Crippen molar-refractivity contribution in [2.24, 2.45) is 0 Å². The Kier molecular flexibility index (Phi) is 4.15. The van der Waals surface area contributed by atoms with Crippen LogP contribution in [0.1, 0.15) is 0 Å². The Labute approximate surface area is 120 Å². The minimum atomic E-state index is 0.689. The van der Waals surface area contributed by atoms with Gasteiger partial charge < -0.3 is 9.47 Å². The van der Waals surface area contributed by atoms with Crippen molar-refractivity contribution >= 4 is 27.5 Å². The normalized spacial score (nSPS) is 10.2. The van der Waals surface area contributed by atoms with Crippen molar-refractivity contribution in [2.45, 2.75) is 0 Å². The molecule has 0 spiro atoms. The van der Waals surface area contributed by atoms with E-state index >= 15 is 0 Å². The lowest BCUT2D eigenvalue weighted by atomic mass is 10.1. The molecular formula is C14H12BrClO2. The second-order valence-corrected chi connectivity index (χ2v) is 5.08. The first-order valence-corrected chi connectivity index (χ1v) is 6.49. The molecule has 0 aliphatic heterocycles. The maximum Gasteiger partial charge on any atom is 0.161 e. The van der Waals surface area contributed by atoms with E-state index in [1.54, 1.807) is 14.2 Å². The summed E-state index contributed by atoms with van der Waals surface area (Å²) in [5, 5.41) is 0.689. The lowest BCUT2D eigenvalue weighted by molar-refractivity contribution is 0.355. The lowest BCUT2D eigenvalue weighted by Crippen LogP contribution is -1.90. The fourth-order valence-corrected chi connectivity index (χ4v) is 2.60. The van der Waals surface area contributed by atoms with Crippen molar-refractivity contribution in [2.75, 3.05) is 14.2 Å². The molecule has 0 unspecified atom stereocenters. The Morgan fingerprint density at radius 2 is 1.61 bits per heavy atom. The fourth-order valence-electron chi connectivity index (χ4n) is 1.74. The van der Waals surface area contributed by atoms with Crippen LogP contribution in [0.4, 0.5) is 0 Å². The maximum absolute atomic E-state index is 6.05. The number of benzene rings is 2. The van der Waals surface area contributed by atoms with Gasteiger partial charge in [0.1, 0.15) is 0 Å². The van der Waals surface area contributed by atoms with E-state index in [1.165, 1.54) is 0 Å². The Morgan fingerprint density at radius 1 is 0.889 bits per heavy atom. The first kappa shape index (κ1) is 13.2. The van der Waals surface area contributed by atoms with Crippen molar-refractivity contribution < 1.29 is 9.47 Å². The van der Waals surface area contributed by atoms with Crippen LogP contribution in [0.5, 0.6) is 11.5 Å². The van der Waals surface area contributed by atoms with Crippen LogP contribution >= 0.6 is 27.5 Å². The Morgan fingerprint density at radius 3 is 2.22 bits per heavy atom. The van der Waals surface area contributed by atoms with Crippen LogP contribution in [-0.4, -0.2) is 14.2 Å². The molecule has 0 amide bonds. The molecule has 2 aromatic rings. The van der Waals surface area contributed by atoms with Gasteiger partial charge in [0.25, 0.3) is 0 Å². The van der Waals surface area contributed by atoms with E-state index < -0.39 is 0 Å². The van der Waals surface area contributed by atoms with E-state index in [4.69, 9.17) is 21.1 Å². The lowest BCUT2D eigenvalue weighted by Gasteiger charge is -2.10. The molecule has 2 rings (SSSR count). The van der Waals surface area contributed by atoms with Crippen LogP contribution < -0.4 is 9.47 Å². The predicted octanol–water partition coefficient (Wildman–Crippen LogP) is 4.79. The highest BCUT2D eigenvalue weighted by Gasteiger charge is 2.07. The Balaban J connectivity index is 2.50. The summed E-state index contributed by atoms with van der Waals surface area (Å²) in [6.07, 6.45) is 0. The Bertz CT molecular complexity index is 549. The molecule has 0 saturated heterocycles. The summed E-state index contributed by atoms with van der Waals surface area (Å²) in [4.78, 5) is 0. The van der Waals surface area contributed by atoms with Gasteiger partial charge in [0.2, 0.25) is 0 Å². The molecule has 0 radical (unpaired) electrons. The molecule has 2 aromatic carbocycles. The minimum absolute atomic E-state index is 0.689. The van der Waals surface area contributed by atoms with Gasteiger partial charge in [-0.25, -0.2) is 0 Å². The van der Waals surface area contributed by atoms with Gasteiger partial charge in [-0.05, 0) is 41.5 Å². The number of methoxy groups -OCH3 is 2. The van der Waals surface area contributed by atoms with Gasteiger partial charge in [0.15, 0.2) is 11.5 Å². The van der Waals surface area contributed by atoms with Gasteiger partial charge >= 0.3 is 0 Å². The molecule has 0 fully saturated rings. The highest BCUT2D eigenvalue weighted by atomic mass is 79.9. The van der Waals surface area contributed by atoms with Crippen LogP contribution in [0.15, 0.2) is 40.9 Å². The van der Waals surface area contributed by atoms with Crippen LogP contribution in [0.25, 0.3) is 11.1 Å². The summed E-state index contributed by atoms with van der Waals surface area (Å²) in [5.41, 5.74) is 2.05. The number of halogens is 2. The average Bonchev–Trinajstić information content (AvgIpc) is 2.36. The number of ether oxygens (including phenoxy) is 2. The minimum Gasteiger partial charge on any atom is -0.493 e. The van der Waals surface area contributed by atoms with Crippen molar-refractivity contribution in [3.63, 3.8) is 0 Å². The van der Waals surface area contributed by atoms with Crippen LogP contribution in [0, 0.1) is 0 Å². The van der Waals surface area contributed by atoms with Gasteiger partial charge in [0, 0.05) is 9.50 Å². The molecule has 0 aliphatic carbocycles. The number of rotatable bonds is 3. The van der Waals surface area contributed by atoms with E-state index in [2.05, 4.69) is 15.9 Å². The zero-order valence-corrected chi connectivity index (χ0v) is 12.4. The smallest absolute Gasteiger partial charge is 0.161 e. The first-order valence-electron chi connectivity index (χ1n) is 5.32. The summed E-state index contributed by atoms with van der Waals surface area (Å²) in [6, 6.07) is 11.5. The largest absolute Gasteiger partial charge is 0.493 e. The van der Waals surface area contributed by atoms with Crippen molar-refractivity contribution in [3.05, 3.63) is 45.9 Å². The molecule has 18 heavy (non-hydrogen) atoms. The van der Waals surface area contributed by atoms with Gasteiger partial charge in [-0.1, -0.05) is 33.6 Å². The van der Waals surface area contributed by atoms with E-state index in [9.17, 15) is 0 Å². The molecule has 0 heterocycles. The molecular weight excluding hydrogens is 316 g/mol. The molecule has 0 aromatic heterocycles. The summed E-state index contributed by atoms with van der Waals surface area (Å²) >= 11 is 9.48. The average molecular weight is 328 g/mol. The van der Waals surface area contributed by atoms with Crippen molar-refractivity contribution in [3.8, 4) is 22.6 Å². The highest BCUT2D eigenvalue weighted by molar-refractivity contribution is 9.10. The molecule has 94 valence electrons. The van der Waals surface area contributed by atoms with E-state index in [1.807, 2.05) is 36.4 Å². The third kappa shape index (κ3) is 2.79. The van der Waals surface area contributed by atoms with E-state index in [-0.39, 0.29) is 0 Å². The van der Waals surface area contributed by atoms with E-state index in [0.29, 0.717) is 16.5 Å². The Hall–Kier alpha value is -1.19. The predicted molar refractivity (Wildman–Crippen MR) is 77.7 cm³/mol. The zero-order valence-electron chi connectivity index (χ0n) is 10.0.